The van der Waals surface area contributed by atoms with Gasteiger partial charge in [-0.25, -0.2) is 8.42 Å². The molecule has 1 aromatic carbocycles. The van der Waals surface area contributed by atoms with E-state index in [-0.39, 0.29) is 5.75 Å². The van der Waals surface area contributed by atoms with Crippen LogP contribution in [0.2, 0.25) is 0 Å². The van der Waals surface area contributed by atoms with E-state index in [1.165, 1.54) is 6.54 Å². The molecule has 0 amide bonds. The molecule has 0 unspecified atom stereocenters. The molecule has 0 radical (unpaired) electrons. The van der Waals surface area contributed by atoms with Crippen molar-refractivity contribution in [1.29, 1.82) is 0 Å². The highest BCUT2D eigenvalue weighted by Gasteiger charge is 2.19. The Labute approximate surface area is 134 Å². The largest absolute Gasteiger partial charge is 0.382 e. The van der Waals surface area contributed by atoms with Crippen LogP contribution in [-0.4, -0.2) is 44.7 Å². The van der Waals surface area contributed by atoms with Crippen LogP contribution in [-0.2, 0) is 9.84 Å². The maximum atomic E-state index is 11.8. The fourth-order valence-corrected chi connectivity index (χ4v) is 3.82. The first-order chi connectivity index (χ1) is 10.4. The van der Waals surface area contributed by atoms with Gasteiger partial charge < -0.3 is 10.2 Å². The first-order valence-electron chi connectivity index (χ1n) is 8.22. The lowest BCUT2D eigenvalue weighted by atomic mass is 10.0. The van der Waals surface area contributed by atoms with Gasteiger partial charge in [-0.05, 0) is 43.0 Å². The van der Waals surface area contributed by atoms with Crippen LogP contribution in [0.4, 0.5) is 5.69 Å². The lowest BCUT2D eigenvalue weighted by Crippen LogP contribution is -2.40. The average Bonchev–Trinajstić information content (AvgIpc) is 2.49. The fourth-order valence-electron chi connectivity index (χ4n) is 2.94. The molecular formula is C17H28N2O2S. The molecule has 1 fully saturated rings. The first-order valence-corrected chi connectivity index (χ1v) is 9.87. The monoisotopic (exact) mass is 324 g/mol. The van der Waals surface area contributed by atoms with Crippen molar-refractivity contribution in [3.05, 3.63) is 24.3 Å². The third-order valence-electron chi connectivity index (χ3n) is 4.18. The Kier molecular flexibility index (Phi) is 5.87. The summed E-state index contributed by atoms with van der Waals surface area (Å²) < 4.78 is 23.6. The van der Waals surface area contributed by atoms with Crippen molar-refractivity contribution in [1.82, 2.24) is 4.90 Å². The topological polar surface area (TPSA) is 49.4 Å². The number of nitrogens with zero attached hydrogens (tertiary/aromatic N) is 1. The van der Waals surface area contributed by atoms with Gasteiger partial charge in [-0.15, -0.1) is 0 Å². The zero-order chi connectivity index (χ0) is 16.2. The van der Waals surface area contributed by atoms with Gasteiger partial charge in [0.25, 0.3) is 0 Å². The number of nitrogens with one attached hydrogen (secondary N) is 1. The van der Waals surface area contributed by atoms with Crippen LogP contribution in [0.25, 0.3) is 0 Å². The number of anilines is 1. The van der Waals surface area contributed by atoms with Crippen molar-refractivity contribution in [3.63, 3.8) is 0 Å². The highest BCUT2D eigenvalue weighted by Crippen LogP contribution is 2.20. The third-order valence-corrected chi connectivity index (χ3v) is 5.93. The molecule has 0 bridgehead atoms. The van der Waals surface area contributed by atoms with Gasteiger partial charge in [0, 0.05) is 31.4 Å². The van der Waals surface area contributed by atoms with Crippen molar-refractivity contribution < 1.29 is 8.42 Å². The summed E-state index contributed by atoms with van der Waals surface area (Å²) in [4.78, 5) is 2.94. The number of piperidine rings is 1. The summed E-state index contributed by atoms with van der Waals surface area (Å²) in [5.74, 6) is 0.867. The van der Waals surface area contributed by atoms with E-state index in [4.69, 9.17) is 0 Å². The molecule has 0 spiro atoms. The van der Waals surface area contributed by atoms with Gasteiger partial charge in [0.1, 0.15) is 0 Å². The van der Waals surface area contributed by atoms with E-state index in [0.717, 1.165) is 37.5 Å². The molecule has 0 aromatic heterocycles. The van der Waals surface area contributed by atoms with E-state index < -0.39 is 9.84 Å². The van der Waals surface area contributed by atoms with Crippen LogP contribution in [0, 0.1) is 5.92 Å². The maximum Gasteiger partial charge on any atom is 0.178 e. The van der Waals surface area contributed by atoms with E-state index in [1.54, 1.807) is 19.1 Å². The molecule has 0 atom stereocenters. The van der Waals surface area contributed by atoms with E-state index in [1.807, 2.05) is 12.1 Å². The van der Waals surface area contributed by atoms with Crippen LogP contribution in [0.5, 0.6) is 0 Å². The highest BCUT2D eigenvalue weighted by atomic mass is 32.2. The average molecular weight is 324 g/mol. The second-order valence-electron chi connectivity index (χ2n) is 6.54. The Balaban J connectivity index is 1.88. The van der Waals surface area contributed by atoms with E-state index in [0.29, 0.717) is 10.9 Å². The minimum Gasteiger partial charge on any atom is -0.382 e. The molecule has 0 aliphatic carbocycles. The van der Waals surface area contributed by atoms with Gasteiger partial charge in [-0.2, -0.15) is 0 Å². The Hall–Kier alpha value is -1.07. The quantitative estimate of drug-likeness (QED) is 0.874. The summed E-state index contributed by atoms with van der Waals surface area (Å²) in [5, 5.41) is 3.53. The minimum atomic E-state index is -3.10. The third kappa shape index (κ3) is 4.71. The summed E-state index contributed by atoms with van der Waals surface area (Å²) >= 11 is 0. The predicted octanol–water partition coefficient (Wildman–Crippen LogP) is 3.01. The van der Waals surface area contributed by atoms with Crippen molar-refractivity contribution in [2.75, 3.05) is 30.7 Å². The molecule has 124 valence electrons. The van der Waals surface area contributed by atoms with Gasteiger partial charge in [0.15, 0.2) is 9.84 Å². The van der Waals surface area contributed by atoms with Gasteiger partial charge in [-0.3, -0.25) is 0 Å². The van der Waals surface area contributed by atoms with Crippen molar-refractivity contribution >= 4 is 15.5 Å². The minimum absolute atomic E-state index is 0.147. The molecule has 1 heterocycles. The van der Waals surface area contributed by atoms with E-state index in [2.05, 4.69) is 24.1 Å². The SMILES string of the molecule is CCS(=O)(=O)c1ccc(NC2CCN(CC(C)C)CC2)cc1. The Morgan fingerprint density at radius 1 is 1.18 bits per heavy atom. The van der Waals surface area contributed by atoms with Gasteiger partial charge >= 0.3 is 0 Å². The van der Waals surface area contributed by atoms with Crippen LogP contribution < -0.4 is 5.32 Å². The van der Waals surface area contributed by atoms with Gasteiger partial charge in [-0.1, -0.05) is 20.8 Å². The molecule has 22 heavy (non-hydrogen) atoms. The van der Waals surface area contributed by atoms with Crippen LogP contribution in [0.1, 0.15) is 33.6 Å². The predicted molar refractivity (Wildman–Crippen MR) is 92.1 cm³/mol. The number of rotatable bonds is 6. The molecule has 2 rings (SSSR count). The number of sulfone groups is 1. The summed E-state index contributed by atoms with van der Waals surface area (Å²) in [5.41, 5.74) is 1.01. The summed E-state index contributed by atoms with van der Waals surface area (Å²) in [6.07, 6.45) is 2.28. The van der Waals surface area contributed by atoms with Crippen molar-refractivity contribution in [2.45, 2.75) is 44.6 Å². The molecule has 1 aliphatic rings. The molecule has 1 aromatic rings. The smallest absolute Gasteiger partial charge is 0.178 e. The molecule has 1 aliphatic heterocycles. The van der Waals surface area contributed by atoms with Crippen LogP contribution >= 0.6 is 0 Å². The number of hydrogen-bond donors (Lipinski definition) is 1. The number of likely N-dealkylation sites (tertiary alicyclic amines) is 1. The first kappa shape index (κ1) is 17.3. The summed E-state index contributed by atoms with van der Waals surface area (Å²) in [6, 6.07) is 7.65. The lowest BCUT2D eigenvalue weighted by molar-refractivity contribution is 0.198. The molecule has 5 heteroatoms. The standard InChI is InChI=1S/C17H28N2O2S/c1-4-22(20,21)17-7-5-15(6-8-17)18-16-9-11-19(12-10-16)13-14(2)3/h5-8,14,16,18H,4,9-13H2,1-3H3. The molecule has 0 saturated carbocycles. The zero-order valence-electron chi connectivity index (χ0n) is 13.9. The Morgan fingerprint density at radius 2 is 1.77 bits per heavy atom. The van der Waals surface area contributed by atoms with E-state index in [9.17, 15) is 8.42 Å². The molecule has 1 saturated heterocycles. The second-order valence-corrected chi connectivity index (χ2v) is 8.82. The molecular weight excluding hydrogens is 296 g/mol. The fraction of sp³-hybridized carbons (Fsp3) is 0.647. The van der Waals surface area contributed by atoms with Crippen LogP contribution in [0.3, 0.4) is 0 Å². The van der Waals surface area contributed by atoms with E-state index >= 15 is 0 Å². The number of benzene rings is 1. The zero-order valence-corrected chi connectivity index (χ0v) is 14.7. The summed E-state index contributed by atoms with van der Waals surface area (Å²) in [7, 11) is -3.10. The molecule has 1 N–H and O–H groups in total. The summed E-state index contributed by atoms with van der Waals surface area (Å²) in [6.45, 7) is 9.64. The Bertz CT molecular complexity index is 559. The van der Waals surface area contributed by atoms with Gasteiger partial charge in [0.05, 0.1) is 10.6 Å². The number of hydrogen-bond acceptors (Lipinski definition) is 4. The van der Waals surface area contributed by atoms with Crippen LogP contribution in [0.15, 0.2) is 29.2 Å². The second kappa shape index (κ2) is 7.47. The maximum absolute atomic E-state index is 11.8. The normalized spacial score (nSPS) is 17.8. The Morgan fingerprint density at radius 3 is 2.27 bits per heavy atom. The van der Waals surface area contributed by atoms with Crippen molar-refractivity contribution in [3.8, 4) is 0 Å². The lowest BCUT2D eigenvalue weighted by Gasteiger charge is -2.33. The molecule has 4 nitrogen and oxygen atoms in total. The highest BCUT2D eigenvalue weighted by molar-refractivity contribution is 7.91. The van der Waals surface area contributed by atoms with Gasteiger partial charge in [0.2, 0.25) is 0 Å². The van der Waals surface area contributed by atoms with Crippen molar-refractivity contribution in [2.24, 2.45) is 5.92 Å².